The molecule has 1 unspecified atom stereocenters. The van der Waals surface area contributed by atoms with Crippen LogP contribution in [0.15, 0.2) is 0 Å². The Bertz CT molecular complexity index is 293. The highest BCUT2D eigenvalue weighted by Crippen LogP contribution is 2.28. The van der Waals surface area contributed by atoms with Crippen molar-refractivity contribution < 1.29 is 19.5 Å². The summed E-state index contributed by atoms with van der Waals surface area (Å²) in [5.74, 6) is -4.63. The zero-order valence-corrected chi connectivity index (χ0v) is 8.98. The quantitative estimate of drug-likeness (QED) is 0.526. The fourth-order valence-electron chi connectivity index (χ4n) is 1.38. The van der Waals surface area contributed by atoms with E-state index in [-0.39, 0.29) is 0 Å². The SMILES string of the molecule is CC(C)(C)C(C(=O)O)[C@H](N)C(=O)C(N)=O. The number of carbonyl (C=O) groups excluding carboxylic acids is 2. The van der Waals surface area contributed by atoms with E-state index in [2.05, 4.69) is 0 Å². The fourth-order valence-corrected chi connectivity index (χ4v) is 1.38. The molecule has 0 heterocycles. The first-order valence-electron chi connectivity index (χ1n) is 4.41. The van der Waals surface area contributed by atoms with E-state index in [1.807, 2.05) is 0 Å². The van der Waals surface area contributed by atoms with Gasteiger partial charge in [-0.2, -0.15) is 0 Å². The lowest BCUT2D eigenvalue weighted by atomic mass is 9.75. The van der Waals surface area contributed by atoms with Gasteiger partial charge < -0.3 is 16.6 Å². The van der Waals surface area contributed by atoms with E-state index < -0.39 is 35.0 Å². The highest BCUT2D eigenvalue weighted by molar-refractivity contribution is 6.37. The summed E-state index contributed by atoms with van der Waals surface area (Å²) in [5, 5.41) is 8.93. The molecular weight excluding hydrogens is 200 g/mol. The van der Waals surface area contributed by atoms with Gasteiger partial charge in [0.2, 0.25) is 5.78 Å². The number of hydrogen-bond acceptors (Lipinski definition) is 4. The first-order chi connectivity index (χ1) is 6.59. The summed E-state index contributed by atoms with van der Waals surface area (Å²) >= 11 is 0. The molecule has 2 atom stereocenters. The molecule has 0 aliphatic rings. The molecule has 0 aromatic rings. The molecule has 6 nitrogen and oxygen atoms in total. The average Bonchev–Trinajstić information content (AvgIpc) is 1.98. The van der Waals surface area contributed by atoms with Gasteiger partial charge in [-0.15, -0.1) is 0 Å². The minimum atomic E-state index is -1.40. The summed E-state index contributed by atoms with van der Waals surface area (Å²) in [6.07, 6.45) is 0. The first kappa shape index (κ1) is 13.6. The Morgan fingerprint density at radius 1 is 1.20 bits per heavy atom. The van der Waals surface area contributed by atoms with Gasteiger partial charge in [0.1, 0.15) is 0 Å². The molecule has 0 saturated carbocycles. The molecular formula is C9H16N2O4. The Balaban J connectivity index is 5.04. The van der Waals surface area contributed by atoms with Crippen molar-refractivity contribution in [3.63, 3.8) is 0 Å². The van der Waals surface area contributed by atoms with E-state index in [1.165, 1.54) is 0 Å². The van der Waals surface area contributed by atoms with Crippen LogP contribution in [-0.4, -0.2) is 28.8 Å². The number of amides is 1. The lowest BCUT2D eigenvalue weighted by Gasteiger charge is -2.30. The Morgan fingerprint density at radius 2 is 1.60 bits per heavy atom. The molecule has 0 aromatic carbocycles. The molecule has 0 aliphatic heterocycles. The highest BCUT2D eigenvalue weighted by atomic mass is 16.4. The lowest BCUT2D eigenvalue weighted by Crippen LogP contribution is -2.51. The minimum Gasteiger partial charge on any atom is -0.481 e. The molecule has 0 aromatic heterocycles. The third-order valence-electron chi connectivity index (χ3n) is 2.10. The molecule has 0 saturated heterocycles. The number of ketones is 1. The van der Waals surface area contributed by atoms with Gasteiger partial charge in [-0.25, -0.2) is 0 Å². The number of aliphatic carboxylic acids is 1. The van der Waals surface area contributed by atoms with Crippen molar-refractivity contribution in [3.8, 4) is 0 Å². The van der Waals surface area contributed by atoms with E-state index in [0.29, 0.717) is 0 Å². The number of carboxylic acid groups (broad SMARTS) is 1. The standard InChI is InChI=1S/C9H16N2O4/c1-9(2,3)4(8(14)15)5(10)6(12)7(11)13/h4-5H,10H2,1-3H3,(H2,11,13)(H,14,15)/t4?,5-/m0/s1. The maximum Gasteiger partial charge on any atom is 0.309 e. The van der Waals surface area contributed by atoms with Gasteiger partial charge in [0.15, 0.2) is 0 Å². The van der Waals surface area contributed by atoms with Crippen molar-refractivity contribution in [2.45, 2.75) is 26.8 Å². The summed E-state index contributed by atoms with van der Waals surface area (Å²) in [4.78, 5) is 32.7. The zero-order chi connectivity index (χ0) is 12.4. The number of rotatable bonds is 4. The Morgan fingerprint density at radius 3 is 1.80 bits per heavy atom. The van der Waals surface area contributed by atoms with E-state index >= 15 is 0 Å². The van der Waals surface area contributed by atoms with Crippen LogP contribution in [0, 0.1) is 11.3 Å². The maximum absolute atomic E-state index is 11.2. The predicted molar refractivity (Wildman–Crippen MR) is 52.8 cm³/mol. The van der Waals surface area contributed by atoms with Crippen molar-refractivity contribution in [1.29, 1.82) is 0 Å². The van der Waals surface area contributed by atoms with Crippen LogP contribution in [0.2, 0.25) is 0 Å². The second kappa shape index (κ2) is 4.39. The summed E-state index contributed by atoms with van der Waals surface area (Å²) < 4.78 is 0. The van der Waals surface area contributed by atoms with Crippen LogP contribution in [0.5, 0.6) is 0 Å². The summed E-state index contributed by atoms with van der Waals surface area (Å²) in [5.41, 5.74) is 9.45. The van der Waals surface area contributed by atoms with E-state index in [1.54, 1.807) is 20.8 Å². The molecule has 6 heteroatoms. The van der Waals surface area contributed by atoms with Gasteiger partial charge in [0.05, 0.1) is 12.0 Å². The van der Waals surface area contributed by atoms with Crippen molar-refractivity contribution in [2.75, 3.05) is 0 Å². The number of primary amides is 1. The molecule has 0 radical (unpaired) electrons. The largest absolute Gasteiger partial charge is 0.481 e. The number of nitrogens with two attached hydrogens (primary N) is 2. The highest BCUT2D eigenvalue weighted by Gasteiger charge is 2.41. The average molecular weight is 216 g/mol. The maximum atomic E-state index is 11.2. The van der Waals surface area contributed by atoms with E-state index in [4.69, 9.17) is 16.6 Å². The van der Waals surface area contributed by atoms with E-state index in [9.17, 15) is 14.4 Å². The third-order valence-corrected chi connectivity index (χ3v) is 2.10. The fraction of sp³-hybridized carbons (Fsp3) is 0.667. The number of Topliss-reactive ketones (excluding diaryl/α,β-unsaturated/α-hetero) is 1. The van der Waals surface area contributed by atoms with E-state index in [0.717, 1.165) is 0 Å². The predicted octanol–water partition coefficient (Wildman–Crippen LogP) is -0.885. The molecule has 0 bridgehead atoms. The van der Waals surface area contributed by atoms with Crippen LogP contribution >= 0.6 is 0 Å². The van der Waals surface area contributed by atoms with Crippen LogP contribution < -0.4 is 11.5 Å². The second-order valence-corrected chi connectivity index (χ2v) is 4.44. The van der Waals surface area contributed by atoms with Crippen molar-refractivity contribution in [3.05, 3.63) is 0 Å². The van der Waals surface area contributed by atoms with Gasteiger partial charge in [0, 0.05) is 0 Å². The van der Waals surface area contributed by atoms with Crippen LogP contribution in [-0.2, 0) is 14.4 Å². The van der Waals surface area contributed by atoms with Crippen LogP contribution in [0.25, 0.3) is 0 Å². The zero-order valence-electron chi connectivity index (χ0n) is 8.98. The lowest BCUT2D eigenvalue weighted by molar-refractivity contribution is -0.150. The van der Waals surface area contributed by atoms with Gasteiger partial charge in [-0.1, -0.05) is 20.8 Å². The monoisotopic (exact) mass is 216 g/mol. The first-order valence-corrected chi connectivity index (χ1v) is 4.41. The van der Waals surface area contributed by atoms with Crippen LogP contribution in [0.1, 0.15) is 20.8 Å². The molecule has 86 valence electrons. The van der Waals surface area contributed by atoms with Gasteiger partial charge in [-0.05, 0) is 5.41 Å². The van der Waals surface area contributed by atoms with Crippen molar-refractivity contribution in [1.82, 2.24) is 0 Å². The number of carboxylic acids is 1. The second-order valence-electron chi connectivity index (χ2n) is 4.44. The molecule has 0 rings (SSSR count). The minimum absolute atomic E-state index is 0.726. The molecule has 1 amide bonds. The number of carbonyl (C=O) groups is 3. The molecule has 0 aliphatic carbocycles. The van der Waals surface area contributed by atoms with Gasteiger partial charge >= 0.3 is 5.97 Å². The topological polar surface area (TPSA) is 123 Å². The Kier molecular flexibility index (Phi) is 3.97. The third kappa shape index (κ3) is 3.32. The molecule has 0 fully saturated rings. The molecule has 15 heavy (non-hydrogen) atoms. The van der Waals surface area contributed by atoms with Gasteiger partial charge in [0.25, 0.3) is 5.91 Å². The smallest absolute Gasteiger partial charge is 0.309 e. The van der Waals surface area contributed by atoms with Gasteiger partial charge in [-0.3, -0.25) is 14.4 Å². The molecule has 5 N–H and O–H groups in total. The normalized spacial score (nSPS) is 15.5. The Hall–Kier alpha value is -1.43. The van der Waals surface area contributed by atoms with Crippen molar-refractivity contribution >= 4 is 17.7 Å². The summed E-state index contributed by atoms with van der Waals surface area (Å²) in [6, 6.07) is -1.40. The Labute approximate surface area is 87.6 Å². The van der Waals surface area contributed by atoms with Crippen molar-refractivity contribution in [2.24, 2.45) is 22.8 Å². The van der Waals surface area contributed by atoms with Crippen LogP contribution in [0.4, 0.5) is 0 Å². The summed E-state index contributed by atoms with van der Waals surface area (Å²) in [6.45, 7) is 4.87. The molecule has 0 spiro atoms. The van der Waals surface area contributed by atoms with Crippen LogP contribution in [0.3, 0.4) is 0 Å². The summed E-state index contributed by atoms with van der Waals surface area (Å²) in [7, 11) is 0. The number of hydrogen-bond donors (Lipinski definition) is 3.